The third kappa shape index (κ3) is 5.33. The van der Waals surface area contributed by atoms with Gasteiger partial charge in [-0.1, -0.05) is 6.92 Å². The minimum absolute atomic E-state index is 0.724. The summed E-state index contributed by atoms with van der Waals surface area (Å²) < 4.78 is 2.17. The summed E-state index contributed by atoms with van der Waals surface area (Å²) in [6.45, 7) is 8.29. The highest BCUT2D eigenvalue weighted by atomic mass is 15.2. The Morgan fingerprint density at radius 1 is 1.32 bits per heavy atom. The van der Waals surface area contributed by atoms with E-state index in [1.54, 1.807) is 0 Å². The van der Waals surface area contributed by atoms with Crippen molar-refractivity contribution in [3.05, 3.63) is 18.7 Å². The van der Waals surface area contributed by atoms with Crippen LogP contribution in [0, 0.1) is 0 Å². The molecule has 1 aromatic heterocycles. The van der Waals surface area contributed by atoms with Crippen molar-refractivity contribution in [2.45, 2.75) is 51.6 Å². The first-order valence-corrected chi connectivity index (χ1v) is 7.80. The monoisotopic (exact) mass is 264 g/mol. The molecule has 0 radical (unpaired) electrons. The molecule has 108 valence electrons. The second-order valence-electron chi connectivity index (χ2n) is 5.60. The number of hydrogen-bond donors (Lipinski definition) is 1. The number of unbranched alkanes of at least 4 members (excludes halogenated alkanes) is 1. The number of piperidine rings is 1. The molecule has 4 heteroatoms. The number of nitrogens with zero attached hydrogens (tertiary/aromatic N) is 3. The van der Waals surface area contributed by atoms with Crippen molar-refractivity contribution in [3.8, 4) is 0 Å². The number of nitrogens with one attached hydrogen (secondary N) is 1. The molecule has 1 aliphatic rings. The molecule has 2 rings (SSSR count). The van der Waals surface area contributed by atoms with E-state index in [2.05, 4.69) is 26.7 Å². The Balaban J connectivity index is 1.57. The number of hydrogen-bond acceptors (Lipinski definition) is 3. The highest BCUT2D eigenvalue weighted by Crippen LogP contribution is 2.11. The molecule has 0 aromatic carbocycles. The summed E-state index contributed by atoms with van der Waals surface area (Å²) in [6, 6.07) is 0.724. The molecular weight excluding hydrogens is 236 g/mol. The summed E-state index contributed by atoms with van der Waals surface area (Å²) in [7, 11) is 0. The molecule has 1 aliphatic heterocycles. The van der Waals surface area contributed by atoms with Crippen LogP contribution in [0.25, 0.3) is 0 Å². The van der Waals surface area contributed by atoms with E-state index in [1.165, 1.54) is 58.3 Å². The topological polar surface area (TPSA) is 33.1 Å². The van der Waals surface area contributed by atoms with Crippen LogP contribution in [0.1, 0.15) is 39.0 Å². The fourth-order valence-electron chi connectivity index (χ4n) is 2.82. The molecule has 0 saturated carbocycles. The predicted octanol–water partition coefficient (Wildman–Crippen LogP) is 2.13. The van der Waals surface area contributed by atoms with Gasteiger partial charge in [0.2, 0.25) is 0 Å². The molecule has 0 amide bonds. The predicted molar refractivity (Wildman–Crippen MR) is 79.2 cm³/mol. The Morgan fingerprint density at radius 2 is 2.21 bits per heavy atom. The third-order valence-electron chi connectivity index (χ3n) is 3.89. The maximum Gasteiger partial charge on any atom is 0.0945 e. The first kappa shape index (κ1) is 14.5. The second-order valence-corrected chi connectivity index (χ2v) is 5.60. The van der Waals surface area contributed by atoms with E-state index in [-0.39, 0.29) is 0 Å². The quantitative estimate of drug-likeness (QED) is 0.730. The highest BCUT2D eigenvalue weighted by Gasteiger charge is 2.18. The van der Waals surface area contributed by atoms with Gasteiger partial charge in [0.15, 0.2) is 0 Å². The van der Waals surface area contributed by atoms with Crippen molar-refractivity contribution in [1.29, 1.82) is 0 Å². The summed E-state index contributed by atoms with van der Waals surface area (Å²) in [6.07, 6.45) is 12.3. The zero-order valence-corrected chi connectivity index (χ0v) is 12.2. The van der Waals surface area contributed by atoms with Gasteiger partial charge in [0, 0.05) is 31.5 Å². The Bertz CT molecular complexity index is 323. The van der Waals surface area contributed by atoms with Crippen LogP contribution in [0.15, 0.2) is 18.7 Å². The summed E-state index contributed by atoms with van der Waals surface area (Å²) in [5, 5.41) is 3.66. The fraction of sp³-hybridized carbons (Fsp3) is 0.800. The van der Waals surface area contributed by atoms with Gasteiger partial charge in [-0.2, -0.15) is 0 Å². The van der Waals surface area contributed by atoms with Gasteiger partial charge < -0.3 is 14.8 Å². The van der Waals surface area contributed by atoms with Crippen LogP contribution < -0.4 is 5.32 Å². The molecule has 2 heterocycles. The maximum absolute atomic E-state index is 4.07. The van der Waals surface area contributed by atoms with Crippen LogP contribution >= 0.6 is 0 Å². The molecular formula is C15H28N4. The van der Waals surface area contributed by atoms with E-state index in [1.807, 2.05) is 18.7 Å². The van der Waals surface area contributed by atoms with Crippen LogP contribution in [0.4, 0.5) is 0 Å². The molecule has 0 spiro atoms. The molecule has 1 aromatic rings. The summed E-state index contributed by atoms with van der Waals surface area (Å²) in [5.41, 5.74) is 0. The van der Waals surface area contributed by atoms with Crippen molar-refractivity contribution in [3.63, 3.8) is 0 Å². The van der Waals surface area contributed by atoms with E-state index in [0.717, 1.165) is 12.6 Å². The number of aromatic nitrogens is 2. The smallest absolute Gasteiger partial charge is 0.0945 e. The molecule has 0 bridgehead atoms. The van der Waals surface area contributed by atoms with Gasteiger partial charge in [-0.3, -0.25) is 0 Å². The van der Waals surface area contributed by atoms with Crippen molar-refractivity contribution >= 4 is 0 Å². The zero-order chi connectivity index (χ0) is 13.3. The Labute approximate surface area is 117 Å². The number of likely N-dealkylation sites (tertiary alicyclic amines) is 1. The number of imidazole rings is 1. The van der Waals surface area contributed by atoms with Gasteiger partial charge in [-0.15, -0.1) is 0 Å². The van der Waals surface area contributed by atoms with Gasteiger partial charge in [-0.05, 0) is 51.7 Å². The molecule has 4 nitrogen and oxygen atoms in total. The Hall–Kier alpha value is -0.870. The Morgan fingerprint density at radius 3 is 3.00 bits per heavy atom. The van der Waals surface area contributed by atoms with Gasteiger partial charge >= 0.3 is 0 Å². The van der Waals surface area contributed by atoms with E-state index < -0.39 is 0 Å². The molecule has 1 N–H and O–H groups in total. The normalized spacial score (nSPS) is 20.8. The summed E-state index contributed by atoms with van der Waals surface area (Å²) >= 11 is 0. The fourth-order valence-corrected chi connectivity index (χ4v) is 2.82. The molecule has 1 saturated heterocycles. The first-order valence-electron chi connectivity index (χ1n) is 7.80. The lowest BCUT2D eigenvalue weighted by molar-refractivity contribution is 0.187. The van der Waals surface area contributed by atoms with Crippen molar-refractivity contribution in [2.24, 2.45) is 0 Å². The van der Waals surface area contributed by atoms with Gasteiger partial charge in [-0.25, -0.2) is 4.98 Å². The Kier molecular flexibility index (Phi) is 6.37. The van der Waals surface area contributed by atoms with Crippen LogP contribution in [0.3, 0.4) is 0 Å². The molecule has 0 aliphatic carbocycles. The highest BCUT2D eigenvalue weighted by molar-refractivity contribution is 4.78. The SMILES string of the molecule is CCCNC1CCCN(CCCCn2ccnc2)C1. The van der Waals surface area contributed by atoms with E-state index in [4.69, 9.17) is 0 Å². The van der Waals surface area contributed by atoms with Crippen molar-refractivity contribution in [2.75, 3.05) is 26.2 Å². The summed E-state index contributed by atoms with van der Waals surface area (Å²) in [4.78, 5) is 6.70. The van der Waals surface area contributed by atoms with E-state index >= 15 is 0 Å². The lowest BCUT2D eigenvalue weighted by atomic mass is 10.1. The van der Waals surface area contributed by atoms with Crippen LogP contribution in [-0.4, -0.2) is 46.7 Å². The standard InChI is InChI=1S/C15H28N4/c1-2-7-17-15-6-5-11-18(13-15)9-3-4-10-19-12-8-16-14-19/h8,12,14-15,17H,2-7,9-11,13H2,1H3. The van der Waals surface area contributed by atoms with Gasteiger partial charge in [0.05, 0.1) is 6.33 Å². The average Bonchev–Trinajstić information content (AvgIpc) is 2.95. The van der Waals surface area contributed by atoms with E-state index in [0.29, 0.717) is 0 Å². The van der Waals surface area contributed by atoms with Crippen LogP contribution in [0.5, 0.6) is 0 Å². The lowest BCUT2D eigenvalue weighted by Gasteiger charge is -2.33. The largest absolute Gasteiger partial charge is 0.337 e. The van der Waals surface area contributed by atoms with Crippen LogP contribution in [-0.2, 0) is 6.54 Å². The van der Waals surface area contributed by atoms with Gasteiger partial charge in [0.25, 0.3) is 0 Å². The molecule has 19 heavy (non-hydrogen) atoms. The number of rotatable bonds is 8. The second kappa shape index (κ2) is 8.33. The molecule has 1 unspecified atom stereocenters. The maximum atomic E-state index is 4.07. The van der Waals surface area contributed by atoms with Crippen molar-refractivity contribution < 1.29 is 0 Å². The first-order chi connectivity index (χ1) is 9.38. The number of aryl methyl sites for hydroxylation is 1. The molecule has 1 atom stereocenters. The minimum atomic E-state index is 0.724. The molecule has 1 fully saturated rings. The minimum Gasteiger partial charge on any atom is -0.337 e. The average molecular weight is 264 g/mol. The van der Waals surface area contributed by atoms with Gasteiger partial charge in [0.1, 0.15) is 0 Å². The van der Waals surface area contributed by atoms with Crippen LogP contribution in [0.2, 0.25) is 0 Å². The third-order valence-corrected chi connectivity index (χ3v) is 3.89. The van der Waals surface area contributed by atoms with Crippen molar-refractivity contribution in [1.82, 2.24) is 19.8 Å². The van der Waals surface area contributed by atoms with E-state index in [9.17, 15) is 0 Å². The summed E-state index contributed by atoms with van der Waals surface area (Å²) in [5.74, 6) is 0. The zero-order valence-electron chi connectivity index (χ0n) is 12.2. The lowest BCUT2D eigenvalue weighted by Crippen LogP contribution is -2.46.